The molecule has 29 heavy (non-hydrogen) atoms. The highest BCUT2D eigenvalue weighted by atomic mass is 32.2. The summed E-state index contributed by atoms with van der Waals surface area (Å²) in [6.45, 7) is 3.84. The first-order valence-electron chi connectivity index (χ1n) is 9.46. The van der Waals surface area contributed by atoms with E-state index in [1.54, 1.807) is 22.7 Å². The van der Waals surface area contributed by atoms with Crippen LogP contribution in [-0.4, -0.2) is 44.6 Å². The smallest absolute Gasteiger partial charge is 0.326 e. The van der Waals surface area contributed by atoms with Crippen molar-refractivity contribution in [1.82, 2.24) is 10.2 Å². The predicted octanol–water partition coefficient (Wildman–Crippen LogP) is 2.85. The first-order chi connectivity index (χ1) is 13.8. The van der Waals surface area contributed by atoms with Gasteiger partial charge in [-0.25, -0.2) is 4.79 Å². The van der Waals surface area contributed by atoms with Crippen LogP contribution in [0.3, 0.4) is 0 Å². The van der Waals surface area contributed by atoms with Gasteiger partial charge in [0.2, 0.25) is 5.91 Å². The van der Waals surface area contributed by atoms with Crippen molar-refractivity contribution in [3.8, 4) is 0 Å². The molecule has 2 amide bonds. The molecule has 2 N–H and O–H groups in total. The monoisotopic (exact) mass is 410 g/mol. The van der Waals surface area contributed by atoms with Crippen molar-refractivity contribution in [2.75, 3.05) is 0 Å². The SMILES string of the molecule is CC1(C)S[C@@H]2c3ccccc3C(=O)N2[C@@H]1C(=O)N[C@@H](Cc1ccccc1)C(=O)O. The molecule has 0 unspecified atom stereocenters. The Morgan fingerprint density at radius 1 is 1.14 bits per heavy atom. The molecule has 1 saturated heterocycles. The van der Waals surface area contributed by atoms with Crippen LogP contribution < -0.4 is 5.32 Å². The molecule has 2 heterocycles. The quantitative estimate of drug-likeness (QED) is 0.792. The summed E-state index contributed by atoms with van der Waals surface area (Å²) in [6.07, 6.45) is 0.180. The van der Waals surface area contributed by atoms with E-state index in [-0.39, 0.29) is 17.7 Å². The average molecular weight is 410 g/mol. The maximum atomic E-state index is 13.2. The van der Waals surface area contributed by atoms with Crippen molar-refractivity contribution < 1.29 is 19.5 Å². The van der Waals surface area contributed by atoms with Crippen molar-refractivity contribution in [3.63, 3.8) is 0 Å². The van der Waals surface area contributed by atoms with Gasteiger partial charge in [-0.15, -0.1) is 11.8 Å². The highest BCUT2D eigenvalue weighted by molar-refractivity contribution is 8.01. The summed E-state index contributed by atoms with van der Waals surface area (Å²) < 4.78 is -0.548. The third kappa shape index (κ3) is 3.40. The van der Waals surface area contributed by atoms with E-state index >= 15 is 0 Å². The Bertz CT molecular complexity index is 976. The number of carboxylic acids is 1. The summed E-state index contributed by atoms with van der Waals surface area (Å²) in [5.41, 5.74) is 2.34. The van der Waals surface area contributed by atoms with Gasteiger partial charge in [-0.05, 0) is 31.0 Å². The molecule has 1 fully saturated rings. The molecular weight excluding hydrogens is 388 g/mol. The number of carbonyl (C=O) groups excluding carboxylic acids is 2. The normalized spacial score (nSPS) is 22.7. The van der Waals surface area contributed by atoms with E-state index in [1.807, 2.05) is 62.4 Å². The molecule has 0 aromatic heterocycles. The summed E-state index contributed by atoms with van der Waals surface area (Å²) in [6, 6.07) is 14.7. The number of thioether (sulfide) groups is 1. The van der Waals surface area contributed by atoms with Crippen molar-refractivity contribution in [2.45, 2.75) is 42.5 Å². The summed E-state index contributed by atoms with van der Waals surface area (Å²) in [5.74, 6) is -1.72. The molecule has 0 aliphatic carbocycles. The minimum atomic E-state index is -1.10. The Balaban J connectivity index is 1.59. The van der Waals surface area contributed by atoms with Crippen LogP contribution in [0.25, 0.3) is 0 Å². The van der Waals surface area contributed by atoms with Crippen LogP contribution in [0, 0.1) is 0 Å². The molecule has 2 aliphatic heterocycles. The molecule has 150 valence electrons. The topological polar surface area (TPSA) is 86.7 Å². The first kappa shape index (κ1) is 19.5. The lowest BCUT2D eigenvalue weighted by atomic mass is 9.99. The zero-order valence-electron chi connectivity index (χ0n) is 16.2. The molecule has 2 aromatic carbocycles. The Labute approximate surface area is 173 Å². The summed E-state index contributed by atoms with van der Waals surface area (Å²) in [4.78, 5) is 39.6. The number of amides is 2. The maximum Gasteiger partial charge on any atom is 0.326 e. The van der Waals surface area contributed by atoms with Crippen LogP contribution in [0.5, 0.6) is 0 Å². The van der Waals surface area contributed by atoms with Crippen LogP contribution in [0.2, 0.25) is 0 Å². The molecule has 0 bridgehead atoms. The average Bonchev–Trinajstić information content (AvgIpc) is 3.12. The third-order valence-electron chi connectivity index (χ3n) is 5.44. The van der Waals surface area contributed by atoms with Crippen molar-refractivity contribution in [1.29, 1.82) is 0 Å². The van der Waals surface area contributed by atoms with Crippen LogP contribution in [-0.2, 0) is 16.0 Å². The molecule has 4 rings (SSSR count). The molecule has 2 aliphatic rings. The predicted molar refractivity (Wildman–Crippen MR) is 111 cm³/mol. The zero-order valence-corrected chi connectivity index (χ0v) is 17.0. The second-order valence-electron chi connectivity index (χ2n) is 7.87. The summed E-state index contributed by atoms with van der Waals surface area (Å²) >= 11 is 1.56. The molecule has 0 saturated carbocycles. The van der Waals surface area contributed by atoms with Crippen molar-refractivity contribution in [2.24, 2.45) is 0 Å². The van der Waals surface area contributed by atoms with E-state index < -0.39 is 28.7 Å². The fraction of sp³-hybridized carbons (Fsp3) is 0.318. The van der Waals surface area contributed by atoms with Crippen LogP contribution in [0.1, 0.15) is 40.7 Å². The second-order valence-corrected chi connectivity index (χ2v) is 9.60. The molecule has 0 radical (unpaired) electrons. The number of benzene rings is 2. The molecule has 3 atom stereocenters. The van der Waals surface area contributed by atoms with Gasteiger partial charge in [0.1, 0.15) is 17.5 Å². The number of aliphatic carboxylic acids is 1. The van der Waals surface area contributed by atoms with Gasteiger partial charge in [-0.3, -0.25) is 9.59 Å². The summed E-state index contributed by atoms with van der Waals surface area (Å²) in [7, 11) is 0. The lowest BCUT2D eigenvalue weighted by Crippen LogP contribution is -2.56. The minimum Gasteiger partial charge on any atom is -0.480 e. The van der Waals surface area contributed by atoms with E-state index in [9.17, 15) is 19.5 Å². The lowest BCUT2D eigenvalue weighted by Gasteiger charge is -2.30. The van der Waals surface area contributed by atoms with Gasteiger partial charge in [0, 0.05) is 16.7 Å². The lowest BCUT2D eigenvalue weighted by molar-refractivity contribution is -0.142. The maximum absolute atomic E-state index is 13.2. The second kappa shape index (κ2) is 7.22. The highest BCUT2D eigenvalue weighted by Crippen LogP contribution is 2.56. The van der Waals surface area contributed by atoms with Gasteiger partial charge in [-0.1, -0.05) is 48.5 Å². The number of rotatable bonds is 5. The highest BCUT2D eigenvalue weighted by Gasteiger charge is 2.57. The number of nitrogens with one attached hydrogen (secondary N) is 1. The molecule has 2 aromatic rings. The van der Waals surface area contributed by atoms with E-state index in [2.05, 4.69) is 5.32 Å². The molecule has 6 nitrogen and oxygen atoms in total. The van der Waals surface area contributed by atoms with E-state index in [0.29, 0.717) is 5.56 Å². The Morgan fingerprint density at radius 3 is 2.48 bits per heavy atom. The Morgan fingerprint density at radius 2 is 1.79 bits per heavy atom. The number of fused-ring (bicyclic) bond motifs is 3. The fourth-order valence-electron chi connectivity index (χ4n) is 4.11. The molecule has 0 spiro atoms. The first-order valence-corrected chi connectivity index (χ1v) is 10.3. The van der Waals surface area contributed by atoms with Gasteiger partial charge in [0.25, 0.3) is 5.91 Å². The van der Waals surface area contributed by atoms with Gasteiger partial charge < -0.3 is 15.3 Å². The number of carbonyl (C=O) groups is 3. The largest absolute Gasteiger partial charge is 0.480 e. The van der Waals surface area contributed by atoms with E-state index in [4.69, 9.17) is 0 Å². The van der Waals surface area contributed by atoms with Gasteiger partial charge in [-0.2, -0.15) is 0 Å². The third-order valence-corrected chi connectivity index (χ3v) is 6.98. The number of hydrogen-bond donors (Lipinski definition) is 2. The zero-order chi connectivity index (χ0) is 20.8. The van der Waals surface area contributed by atoms with Crippen LogP contribution in [0.15, 0.2) is 54.6 Å². The van der Waals surface area contributed by atoms with Crippen molar-refractivity contribution >= 4 is 29.5 Å². The van der Waals surface area contributed by atoms with Gasteiger partial charge in [0.05, 0.1) is 0 Å². The van der Waals surface area contributed by atoms with Crippen molar-refractivity contribution in [3.05, 3.63) is 71.3 Å². The number of carboxylic acid groups (broad SMARTS) is 1. The van der Waals surface area contributed by atoms with E-state index in [0.717, 1.165) is 11.1 Å². The number of nitrogens with zero attached hydrogens (tertiary/aromatic N) is 1. The van der Waals surface area contributed by atoms with Crippen LogP contribution in [0.4, 0.5) is 0 Å². The van der Waals surface area contributed by atoms with E-state index in [1.165, 1.54) is 0 Å². The Kier molecular flexibility index (Phi) is 4.86. The van der Waals surface area contributed by atoms with Crippen LogP contribution >= 0.6 is 11.8 Å². The summed E-state index contributed by atoms with van der Waals surface area (Å²) in [5, 5.41) is 12.1. The standard InChI is InChI=1S/C22H22N2O4S/c1-22(2)17(24-19(26)14-10-6-7-11-15(14)20(24)29-22)18(25)23-16(21(27)28)12-13-8-4-3-5-9-13/h3-11,16-17,20H,12H2,1-2H3,(H,23,25)(H,27,28)/t16-,17+,20+/m0/s1. The Hall–Kier alpha value is -2.80. The minimum absolute atomic E-state index is 0.180. The molecular formula is C22H22N2O4S. The van der Waals surface area contributed by atoms with Gasteiger partial charge in [0.15, 0.2) is 0 Å². The number of hydrogen-bond acceptors (Lipinski definition) is 4. The van der Waals surface area contributed by atoms with Gasteiger partial charge >= 0.3 is 5.97 Å². The fourth-order valence-corrected chi connectivity index (χ4v) is 5.69. The molecule has 7 heteroatoms.